The molecule has 2 aliphatic carbocycles. The molecule has 1 unspecified atom stereocenters. The van der Waals surface area contributed by atoms with Gasteiger partial charge >= 0.3 is 6.03 Å². The van der Waals surface area contributed by atoms with Crippen LogP contribution >= 0.6 is 0 Å². The number of nitrogens with zero attached hydrogens (tertiary/aromatic N) is 2. The molecule has 0 radical (unpaired) electrons. The molecule has 0 fully saturated rings. The van der Waals surface area contributed by atoms with Gasteiger partial charge in [0.2, 0.25) is 11.8 Å². The molecule has 1 heterocycles. The van der Waals surface area contributed by atoms with Crippen molar-refractivity contribution >= 4 is 23.6 Å². The average Bonchev–Trinajstić information content (AvgIpc) is 2.65. The second-order valence-electron chi connectivity index (χ2n) is 6.84. The molecule has 26 heavy (non-hydrogen) atoms. The lowest BCUT2D eigenvalue weighted by Gasteiger charge is -2.28. The largest absolute Gasteiger partial charge is 0.356 e. The fraction of sp³-hybridized carbons (Fsp3) is 0.500. The Balaban J connectivity index is 1.39. The molecule has 3 rings (SSSR count). The molecular weight excluding hydrogens is 330 g/mol. The van der Waals surface area contributed by atoms with Crippen molar-refractivity contribution in [1.82, 2.24) is 10.2 Å². The van der Waals surface area contributed by atoms with Crippen LogP contribution in [0.2, 0.25) is 0 Å². The van der Waals surface area contributed by atoms with Crippen LogP contribution in [-0.2, 0) is 9.59 Å². The normalized spacial score (nSPS) is 22.0. The first-order valence-corrected chi connectivity index (χ1v) is 9.38. The molecule has 0 spiro atoms. The summed E-state index contributed by atoms with van der Waals surface area (Å²) in [5, 5.41) is 2.92. The highest BCUT2D eigenvalue weighted by molar-refractivity contribution is 6.21. The van der Waals surface area contributed by atoms with Crippen molar-refractivity contribution in [2.45, 2.75) is 44.9 Å². The highest BCUT2D eigenvalue weighted by Crippen LogP contribution is 2.20. The first-order chi connectivity index (χ1) is 12.6. The van der Waals surface area contributed by atoms with E-state index in [1.165, 1.54) is 18.4 Å². The number of amides is 4. The Morgan fingerprint density at radius 3 is 2.96 bits per heavy atom. The summed E-state index contributed by atoms with van der Waals surface area (Å²) in [6, 6.07) is -0.536. The quantitative estimate of drug-likeness (QED) is 0.713. The summed E-state index contributed by atoms with van der Waals surface area (Å²) in [5.41, 5.74) is 1.93. The lowest BCUT2D eigenvalue weighted by atomic mass is 9.95. The number of aliphatic imine (C=N–C) groups is 1. The van der Waals surface area contributed by atoms with Crippen LogP contribution in [-0.4, -0.2) is 41.5 Å². The van der Waals surface area contributed by atoms with Crippen LogP contribution in [0, 0.1) is 5.92 Å². The number of carbonyl (C=O) groups excluding carboxylic acids is 3. The van der Waals surface area contributed by atoms with Gasteiger partial charge in [-0.2, -0.15) is 4.99 Å². The Morgan fingerprint density at radius 2 is 2.15 bits per heavy atom. The van der Waals surface area contributed by atoms with Crippen molar-refractivity contribution in [1.29, 1.82) is 0 Å². The smallest absolute Gasteiger partial charge is 0.350 e. The van der Waals surface area contributed by atoms with E-state index in [1.807, 2.05) is 0 Å². The van der Waals surface area contributed by atoms with E-state index in [1.54, 1.807) is 24.3 Å². The Morgan fingerprint density at radius 1 is 1.27 bits per heavy atom. The first-order valence-electron chi connectivity index (χ1n) is 9.38. The molecular formula is C20H25N3O3. The lowest BCUT2D eigenvalue weighted by Crippen LogP contribution is -2.46. The van der Waals surface area contributed by atoms with Gasteiger partial charge in [0.1, 0.15) is 0 Å². The van der Waals surface area contributed by atoms with Gasteiger partial charge in [-0.1, -0.05) is 29.9 Å². The van der Waals surface area contributed by atoms with Gasteiger partial charge in [-0.05, 0) is 44.6 Å². The summed E-state index contributed by atoms with van der Waals surface area (Å²) in [4.78, 5) is 41.5. The second-order valence-corrected chi connectivity index (χ2v) is 6.84. The van der Waals surface area contributed by atoms with Crippen LogP contribution < -0.4 is 5.32 Å². The monoisotopic (exact) mass is 355 g/mol. The number of nitrogens with one attached hydrogen (secondary N) is 1. The van der Waals surface area contributed by atoms with E-state index < -0.39 is 11.9 Å². The van der Waals surface area contributed by atoms with Crippen molar-refractivity contribution < 1.29 is 14.4 Å². The van der Waals surface area contributed by atoms with Gasteiger partial charge < -0.3 is 5.32 Å². The van der Waals surface area contributed by atoms with Gasteiger partial charge in [0.25, 0.3) is 0 Å². The minimum absolute atomic E-state index is 0.0389. The van der Waals surface area contributed by atoms with E-state index in [4.69, 9.17) is 0 Å². The summed E-state index contributed by atoms with van der Waals surface area (Å²) >= 11 is 0. The fourth-order valence-electron chi connectivity index (χ4n) is 3.47. The average molecular weight is 355 g/mol. The second kappa shape index (κ2) is 8.74. The van der Waals surface area contributed by atoms with Crippen molar-refractivity contribution in [3.8, 4) is 0 Å². The summed E-state index contributed by atoms with van der Waals surface area (Å²) in [5.74, 6) is -0.774. The standard InChI is InChI=1S/C20H25N3O3/c24-18(21-13-12-15-7-2-1-3-8-15)11-6-14-23-19(25)16-9-4-5-10-17(16)22-20(23)26/h4-5,7,9-10,16H,1-3,6,8,11-14H2,(H,21,24). The number of hydrogen-bond donors (Lipinski definition) is 1. The number of rotatable bonds is 7. The molecule has 0 aromatic carbocycles. The highest BCUT2D eigenvalue weighted by atomic mass is 16.2. The van der Waals surface area contributed by atoms with Crippen LogP contribution in [0.3, 0.4) is 0 Å². The molecule has 0 aromatic rings. The summed E-state index contributed by atoms with van der Waals surface area (Å²) in [7, 11) is 0. The number of fused-ring (bicyclic) bond motifs is 1. The Hall–Kier alpha value is -2.50. The number of hydrogen-bond acceptors (Lipinski definition) is 3. The van der Waals surface area contributed by atoms with Gasteiger partial charge in [-0.3, -0.25) is 14.5 Å². The van der Waals surface area contributed by atoms with Crippen LogP contribution in [0.1, 0.15) is 44.9 Å². The molecule has 1 aliphatic heterocycles. The topological polar surface area (TPSA) is 78.8 Å². The molecule has 6 heteroatoms. The minimum Gasteiger partial charge on any atom is -0.356 e. The fourth-order valence-corrected chi connectivity index (χ4v) is 3.47. The Bertz CT molecular complexity index is 703. The van der Waals surface area contributed by atoms with Gasteiger partial charge in [0.15, 0.2) is 0 Å². The van der Waals surface area contributed by atoms with Crippen LogP contribution in [0.25, 0.3) is 0 Å². The van der Waals surface area contributed by atoms with Crippen molar-refractivity contribution in [3.63, 3.8) is 0 Å². The molecule has 0 saturated carbocycles. The lowest BCUT2D eigenvalue weighted by molar-refractivity contribution is -0.130. The Kier molecular flexibility index (Phi) is 6.15. The van der Waals surface area contributed by atoms with E-state index in [0.717, 1.165) is 24.2 Å². The molecule has 1 N–H and O–H groups in total. The van der Waals surface area contributed by atoms with Crippen LogP contribution in [0.5, 0.6) is 0 Å². The predicted octanol–water partition coefficient (Wildman–Crippen LogP) is 2.92. The third-order valence-corrected chi connectivity index (χ3v) is 4.93. The zero-order chi connectivity index (χ0) is 18.4. The summed E-state index contributed by atoms with van der Waals surface area (Å²) in [6.07, 6.45) is 15.7. The third kappa shape index (κ3) is 4.56. The molecule has 138 valence electrons. The molecule has 4 amide bonds. The first kappa shape index (κ1) is 18.3. The van der Waals surface area contributed by atoms with Crippen molar-refractivity contribution in [3.05, 3.63) is 36.0 Å². The maximum absolute atomic E-state index is 12.4. The molecule has 0 saturated heterocycles. The maximum Gasteiger partial charge on any atom is 0.350 e. The van der Waals surface area contributed by atoms with E-state index in [9.17, 15) is 14.4 Å². The van der Waals surface area contributed by atoms with E-state index in [-0.39, 0.29) is 18.4 Å². The van der Waals surface area contributed by atoms with Gasteiger partial charge in [-0.15, -0.1) is 0 Å². The molecule has 6 nitrogen and oxygen atoms in total. The summed E-state index contributed by atoms with van der Waals surface area (Å²) in [6.45, 7) is 0.875. The van der Waals surface area contributed by atoms with E-state index >= 15 is 0 Å². The predicted molar refractivity (Wildman–Crippen MR) is 99.7 cm³/mol. The number of urea groups is 1. The zero-order valence-corrected chi connectivity index (χ0v) is 14.9. The van der Waals surface area contributed by atoms with Gasteiger partial charge in [0.05, 0.1) is 11.6 Å². The van der Waals surface area contributed by atoms with Crippen LogP contribution in [0.4, 0.5) is 4.79 Å². The third-order valence-electron chi connectivity index (χ3n) is 4.93. The van der Waals surface area contributed by atoms with Crippen molar-refractivity contribution in [2.75, 3.05) is 13.1 Å². The maximum atomic E-state index is 12.4. The van der Waals surface area contributed by atoms with E-state index in [0.29, 0.717) is 25.1 Å². The van der Waals surface area contributed by atoms with E-state index in [2.05, 4.69) is 16.4 Å². The Labute approximate surface area is 153 Å². The molecule has 0 bridgehead atoms. The van der Waals surface area contributed by atoms with Crippen LogP contribution in [0.15, 0.2) is 40.9 Å². The number of imide groups is 1. The SMILES string of the molecule is O=C(CCCN1C(=O)N=C2C=CC=CC2C1=O)NCCC1=CCCCC1. The molecule has 1 atom stereocenters. The molecule has 3 aliphatic rings. The highest BCUT2D eigenvalue weighted by Gasteiger charge is 2.35. The number of allylic oxidation sites excluding steroid dienone is 4. The minimum atomic E-state index is -0.536. The zero-order valence-electron chi connectivity index (χ0n) is 14.9. The number of carbonyl (C=O) groups is 3. The van der Waals surface area contributed by atoms with Crippen molar-refractivity contribution in [2.24, 2.45) is 10.9 Å². The molecule has 0 aromatic heterocycles. The van der Waals surface area contributed by atoms with Gasteiger partial charge in [0, 0.05) is 19.5 Å². The van der Waals surface area contributed by atoms with Gasteiger partial charge in [-0.25, -0.2) is 4.79 Å². The summed E-state index contributed by atoms with van der Waals surface area (Å²) < 4.78 is 0.